The minimum Gasteiger partial charge on any atom is -0.495 e. The van der Waals surface area contributed by atoms with Gasteiger partial charge in [0.05, 0.1) is 22.6 Å². The van der Waals surface area contributed by atoms with E-state index >= 15 is 0 Å². The molecule has 0 saturated heterocycles. The third kappa shape index (κ3) is 4.95. The Morgan fingerprint density at radius 3 is 2.52 bits per heavy atom. The van der Waals surface area contributed by atoms with E-state index in [0.717, 1.165) is 6.07 Å². The molecule has 0 aromatic heterocycles. The van der Waals surface area contributed by atoms with Crippen molar-refractivity contribution in [3.63, 3.8) is 0 Å². The zero-order valence-corrected chi connectivity index (χ0v) is 15.6. The van der Waals surface area contributed by atoms with E-state index in [1.807, 2.05) is 0 Å². The predicted molar refractivity (Wildman–Crippen MR) is 99.3 cm³/mol. The molecule has 0 bridgehead atoms. The van der Waals surface area contributed by atoms with Gasteiger partial charge in [0.1, 0.15) is 5.75 Å². The zero-order chi connectivity index (χ0) is 20.1. The number of amides is 1. The van der Waals surface area contributed by atoms with Gasteiger partial charge in [0.25, 0.3) is 11.6 Å². The fourth-order valence-electron chi connectivity index (χ4n) is 2.20. The van der Waals surface area contributed by atoms with Crippen LogP contribution in [0.1, 0.15) is 22.8 Å². The van der Waals surface area contributed by atoms with E-state index in [9.17, 15) is 19.7 Å². The van der Waals surface area contributed by atoms with Crippen LogP contribution in [0.15, 0.2) is 36.4 Å². The number of aryl methyl sites for hydroxylation is 1. The highest BCUT2D eigenvalue weighted by molar-refractivity contribution is 6.32. The predicted octanol–water partition coefficient (Wildman–Crippen LogP) is 3.75. The van der Waals surface area contributed by atoms with E-state index < -0.39 is 22.9 Å². The van der Waals surface area contributed by atoms with Crippen molar-refractivity contribution >= 4 is 34.9 Å². The maximum absolute atomic E-state index is 12.2. The summed E-state index contributed by atoms with van der Waals surface area (Å²) in [7, 11) is 1.47. The van der Waals surface area contributed by atoms with Crippen LogP contribution in [0.4, 0.5) is 11.4 Å². The van der Waals surface area contributed by atoms with Gasteiger partial charge >= 0.3 is 5.97 Å². The Labute approximate surface area is 160 Å². The van der Waals surface area contributed by atoms with Crippen molar-refractivity contribution in [2.24, 2.45) is 0 Å². The van der Waals surface area contributed by atoms with Gasteiger partial charge in [-0.05, 0) is 38.1 Å². The molecule has 0 fully saturated rings. The summed E-state index contributed by atoms with van der Waals surface area (Å²) in [6.45, 7) is 2.95. The van der Waals surface area contributed by atoms with Crippen molar-refractivity contribution in [1.82, 2.24) is 0 Å². The molecular formula is C18H17ClN2O6. The first-order chi connectivity index (χ1) is 12.7. The van der Waals surface area contributed by atoms with Crippen LogP contribution in [-0.4, -0.2) is 30.0 Å². The molecule has 0 unspecified atom stereocenters. The van der Waals surface area contributed by atoms with Crippen LogP contribution in [0.2, 0.25) is 5.02 Å². The minimum atomic E-state index is -1.13. The highest BCUT2D eigenvalue weighted by atomic mass is 35.5. The molecule has 0 spiro atoms. The van der Waals surface area contributed by atoms with Gasteiger partial charge < -0.3 is 14.8 Å². The van der Waals surface area contributed by atoms with Gasteiger partial charge in [-0.1, -0.05) is 17.7 Å². The molecule has 0 heterocycles. The van der Waals surface area contributed by atoms with Crippen molar-refractivity contribution in [3.05, 3.63) is 62.7 Å². The maximum atomic E-state index is 12.2. The lowest BCUT2D eigenvalue weighted by atomic mass is 10.1. The van der Waals surface area contributed by atoms with Gasteiger partial charge in [0.2, 0.25) is 0 Å². The van der Waals surface area contributed by atoms with Crippen LogP contribution in [-0.2, 0) is 9.53 Å². The first kappa shape index (κ1) is 20.2. The summed E-state index contributed by atoms with van der Waals surface area (Å²) < 4.78 is 10.1. The van der Waals surface area contributed by atoms with Crippen LogP contribution in [0.5, 0.6) is 5.75 Å². The zero-order valence-electron chi connectivity index (χ0n) is 14.8. The van der Waals surface area contributed by atoms with Crippen molar-refractivity contribution < 1.29 is 24.0 Å². The van der Waals surface area contributed by atoms with E-state index in [0.29, 0.717) is 22.0 Å². The molecule has 142 valence electrons. The second-order valence-corrected chi connectivity index (χ2v) is 6.05. The second kappa shape index (κ2) is 8.50. The number of esters is 1. The molecule has 9 heteroatoms. The number of rotatable bonds is 6. The van der Waals surface area contributed by atoms with E-state index in [1.54, 1.807) is 19.1 Å². The largest absolute Gasteiger partial charge is 0.495 e. The number of hydrogen-bond acceptors (Lipinski definition) is 6. The molecule has 0 aliphatic rings. The van der Waals surface area contributed by atoms with Crippen LogP contribution < -0.4 is 10.1 Å². The molecule has 27 heavy (non-hydrogen) atoms. The number of methoxy groups -OCH3 is 1. The molecule has 8 nitrogen and oxygen atoms in total. The number of nitrogens with one attached hydrogen (secondary N) is 1. The normalized spacial score (nSPS) is 11.4. The minimum absolute atomic E-state index is 0.0144. The molecule has 0 saturated carbocycles. The monoisotopic (exact) mass is 392 g/mol. The third-order valence-electron chi connectivity index (χ3n) is 3.71. The fourth-order valence-corrected chi connectivity index (χ4v) is 2.46. The molecule has 0 radical (unpaired) electrons. The Hall–Kier alpha value is -3.13. The number of nitrogens with zero attached hydrogens (tertiary/aromatic N) is 1. The Bertz CT molecular complexity index is 899. The Morgan fingerprint density at radius 1 is 1.22 bits per heavy atom. The van der Waals surface area contributed by atoms with E-state index in [1.165, 1.54) is 32.2 Å². The lowest BCUT2D eigenvalue weighted by Gasteiger charge is -2.14. The van der Waals surface area contributed by atoms with Crippen molar-refractivity contribution in [2.45, 2.75) is 20.0 Å². The molecule has 2 aromatic carbocycles. The number of anilines is 1. The van der Waals surface area contributed by atoms with Crippen LogP contribution in [0, 0.1) is 17.0 Å². The lowest BCUT2D eigenvalue weighted by molar-refractivity contribution is -0.385. The molecule has 1 atom stereocenters. The number of carbonyl (C=O) groups excluding carboxylic acids is 2. The molecule has 0 aliphatic carbocycles. The molecular weight excluding hydrogens is 376 g/mol. The molecule has 2 aromatic rings. The maximum Gasteiger partial charge on any atom is 0.339 e. The number of nitro groups is 1. The van der Waals surface area contributed by atoms with Gasteiger partial charge in [-0.2, -0.15) is 0 Å². The van der Waals surface area contributed by atoms with Gasteiger partial charge in [-0.25, -0.2) is 4.79 Å². The van der Waals surface area contributed by atoms with Gasteiger partial charge in [0.15, 0.2) is 6.10 Å². The summed E-state index contributed by atoms with van der Waals surface area (Å²) in [5, 5.41) is 13.8. The molecule has 1 N–H and O–H groups in total. The number of hydrogen-bond donors (Lipinski definition) is 1. The number of ether oxygens (including phenoxy) is 2. The molecule has 0 aliphatic heterocycles. The quantitative estimate of drug-likeness (QED) is 0.455. The van der Waals surface area contributed by atoms with Crippen LogP contribution in [0.3, 0.4) is 0 Å². The Morgan fingerprint density at radius 2 is 1.93 bits per heavy atom. The number of benzene rings is 2. The van der Waals surface area contributed by atoms with E-state index in [-0.39, 0.29) is 11.3 Å². The van der Waals surface area contributed by atoms with Crippen LogP contribution >= 0.6 is 11.6 Å². The second-order valence-electron chi connectivity index (χ2n) is 5.64. The van der Waals surface area contributed by atoms with Crippen molar-refractivity contribution in [1.29, 1.82) is 0 Å². The first-order valence-electron chi connectivity index (χ1n) is 7.83. The number of nitro benzene ring substituents is 1. The summed E-state index contributed by atoms with van der Waals surface area (Å²) in [6.07, 6.45) is -1.13. The smallest absolute Gasteiger partial charge is 0.339 e. The topological polar surface area (TPSA) is 108 Å². The summed E-state index contributed by atoms with van der Waals surface area (Å²) in [4.78, 5) is 34.8. The van der Waals surface area contributed by atoms with Gasteiger partial charge in [0, 0.05) is 17.3 Å². The van der Waals surface area contributed by atoms with Crippen LogP contribution in [0.25, 0.3) is 0 Å². The highest BCUT2D eigenvalue weighted by Gasteiger charge is 2.21. The average molecular weight is 393 g/mol. The Kier molecular flexibility index (Phi) is 6.36. The summed E-state index contributed by atoms with van der Waals surface area (Å²) in [6, 6.07) is 8.62. The third-order valence-corrected chi connectivity index (χ3v) is 4.01. The highest BCUT2D eigenvalue weighted by Crippen LogP contribution is 2.27. The van der Waals surface area contributed by atoms with Gasteiger partial charge in [-0.3, -0.25) is 14.9 Å². The van der Waals surface area contributed by atoms with Crippen molar-refractivity contribution in [2.75, 3.05) is 12.4 Å². The fraction of sp³-hybridized carbons (Fsp3) is 0.222. The summed E-state index contributed by atoms with van der Waals surface area (Å²) in [5.74, 6) is -0.963. The Balaban J connectivity index is 2.05. The summed E-state index contributed by atoms with van der Waals surface area (Å²) >= 11 is 5.99. The average Bonchev–Trinajstić information content (AvgIpc) is 2.61. The van der Waals surface area contributed by atoms with E-state index in [4.69, 9.17) is 21.1 Å². The van der Waals surface area contributed by atoms with Crippen molar-refractivity contribution in [3.8, 4) is 5.75 Å². The number of carbonyl (C=O) groups is 2. The standard InChI is InChI=1S/C18H17ClN2O6/c1-10-4-5-12(8-15(10)21(24)25)18(23)27-11(2)17(22)20-13-6-7-16(26-3)14(19)9-13/h4-9,11H,1-3H3,(H,20,22)/t11-/m1/s1. The van der Waals surface area contributed by atoms with Gasteiger partial charge in [-0.15, -0.1) is 0 Å². The molecule has 1 amide bonds. The molecule has 2 rings (SSSR count). The van der Waals surface area contributed by atoms with E-state index in [2.05, 4.69) is 5.32 Å². The SMILES string of the molecule is COc1ccc(NC(=O)[C@@H](C)OC(=O)c2ccc(C)c([N+](=O)[O-])c2)cc1Cl. The summed E-state index contributed by atoms with van der Waals surface area (Å²) in [5.41, 5.74) is 0.604. The number of halogens is 1. The first-order valence-corrected chi connectivity index (χ1v) is 8.21. The lowest BCUT2D eigenvalue weighted by Crippen LogP contribution is -2.30.